The van der Waals surface area contributed by atoms with Crippen molar-refractivity contribution in [2.45, 2.75) is 25.4 Å². The highest BCUT2D eigenvalue weighted by atomic mass is 79.9. The van der Waals surface area contributed by atoms with Crippen LogP contribution in [0.2, 0.25) is 0 Å². The first-order valence-corrected chi connectivity index (χ1v) is 8.46. The number of nitrogens with one attached hydrogen (secondary N) is 1. The molecule has 1 unspecified atom stereocenters. The van der Waals surface area contributed by atoms with Gasteiger partial charge in [-0.25, -0.2) is 0 Å². The van der Waals surface area contributed by atoms with Crippen molar-refractivity contribution in [2.75, 3.05) is 18.0 Å². The van der Waals surface area contributed by atoms with Crippen LogP contribution in [0.1, 0.15) is 29.2 Å². The molecular formula is C18H19BrN2. The van der Waals surface area contributed by atoms with Crippen LogP contribution < -0.4 is 10.2 Å². The Morgan fingerprint density at radius 3 is 2.95 bits per heavy atom. The lowest BCUT2D eigenvalue weighted by Gasteiger charge is -2.32. The molecule has 2 aromatic carbocycles. The second-order valence-corrected chi connectivity index (χ2v) is 6.72. The molecule has 1 N–H and O–H groups in total. The molecule has 2 aromatic rings. The highest BCUT2D eigenvalue weighted by Gasteiger charge is 2.30. The van der Waals surface area contributed by atoms with Gasteiger partial charge in [0.2, 0.25) is 0 Å². The summed E-state index contributed by atoms with van der Waals surface area (Å²) in [6, 6.07) is 16.0. The lowest BCUT2D eigenvalue weighted by Crippen LogP contribution is -2.31. The number of hydrogen-bond donors (Lipinski definition) is 1. The van der Waals surface area contributed by atoms with E-state index >= 15 is 0 Å². The summed E-state index contributed by atoms with van der Waals surface area (Å²) < 4.78 is 1.27. The summed E-state index contributed by atoms with van der Waals surface area (Å²) in [6.07, 6.45) is 2.39. The van der Waals surface area contributed by atoms with E-state index in [1.54, 1.807) is 0 Å². The lowest BCUT2D eigenvalue weighted by atomic mass is 10.0. The van der Waals surface area contributed by atoms with Crippen molar-refractivity contribution < 1.29 is 0 Å². The zero-order valence-electron chi connectivity index (χ0n) is 12.0. The summed E-state index contributed by atoms with van der Waals surface area (Å²) in [5.74, 6) is 0. The molecule has 1 aliphatic carbocycles. The minimum Gasteiger partial charge on any atom is -0.363 e. The summed E-state index contributed by atoms with van der Waals surface area (Å²) in [5, 5.41) is 3.54. The number of benzene rings is 2. The second kappa shape index (κ2) is 5.47. The summed E-state index contributed by atoms with van der Waals surface area (Å²) >= 11 is 3.72. The number of anilines is 1. The Kier molecular flexibility index (Phi) is 3.48. The summed E-state index contributed by atoms with van der Waals surface area (Å²) in [5.41, 5.74) is 5.82. The van der Waals surface area contributed by atoms with Crippen molar-refractivity contribution in [3.05, 3.63) is 63.6 Å². The number of halogens is 1. The topological polar surface area (TPSA) is 15.3 Å². The lowest BCUT2D eigenvalue weighted by molar-refractivity contribution is 0.600. The highest BCUT2D eigenvalue weighted by molar-refractivity contribution is 9.10. The molecule has 1 heterocycles. The monoisotopic (exact) mass is 342 g/mol. The van der Waals surface area contributed by atoms with Crippen LogP contribution in [0.3, 0.4) is 0 Å². The third-order valence-electron chi connectivity index (χ3n) is 4.70. The highest BCUT2D eigenvalue weighted by Crippen LogP contribution is 2.42. The fourth-order valence-corrected chi connectivity index (χ4v) is 4.30. The SMILES string of the molecule is Brc1cccc2c1CCC2N1CCNCc2ccccc21. The molecule has 4 rings (SSSR count). The number of fused-ring (bicyclic) bond motifs is 2. The van der Waals surface area contributed by atoms with Gasteiger partial charge in [0.25, 0.3) is 0 Å². The van der Waals surface area contributed by atoms with Gasteiger partial charge in [-0.05, 0) is 41.7 Å². The van der Waals surface area contributed by atoms with Crippen molar-refractivity contribution in [3.63, 3.8) is 0 Å². The van der Waals surface area contributed by atoms with Crippen molar-refractivity contribution in [2.24, 2.45) is 0 Å². The first kappa shape index (κ1) is 13.4. The molecule has 0 spiro atoms. The maximum absolute atomic E-state index is 3.72. The van der Waals surface area contributed by atoms with Gasteiger partial charge in [0.05, 0.1) is 6.04 Å². The number of rotatable bonds is 1. The smallest absolute Gasteiger partial charge is 0.0549 e. The molecule has 2 nitrogen and oxygen atoms in total. The van der Waals surface area contributed by atoms with Crippen LogP contribution in [0, 0.1) is 0 Å². The zero-order valence-corrected chi connectivity index (χ0v) is 13.6. The minimum atomic E-state index is 0.513. The maximum Gasteiger partial charge on any atom is 0.0549 e. The molecule has 1 aliphatic heterocycles. The Bertz CT molecular complexity index is 668. The average Bonchev–Trinajstić information content (AvgIpc) is 2.82. The predicted molar refractivity (Wildman–Crippen MR) is 90.7 cm³/mol. The summed E-state index contributed by atoms with van der Waals surface area (Å²) in [7, 11) is 0. The molecule has 1 atom stereocenters. The normalized spacial score (nSPS) is 20.8. The summed E-state index contributed by atoms with van der Waals surface area (Å²) in [6.45, 7) is 3.10. The molecule has 108 valence electrons. The van der Waals surface area contributed by atoms with E-state index in [4.69, 9.17) is 0 Å². The van der Waals surface area contributed by atoms with Crippen molar-refractivity contribution in [1.29, 1.82) is 0 Å². The summed E-state index contributed by atoms with van der Waals surface area (Å²) in [4.78, 5) is 2.60. The third-order valence-corrected chi connectivity index (χ3v) is 5.45. The minimum absolute atomic E-state index is 0.513. The van der Waals surface area contributed by atoms with Crippen LogP contribution >= 0.6 is 15.9 Å². The molecule has 0 aromatic heterocycles. The van der Waals surface area contributed by atoms with Gasteiger partial charge < -0.3 is 10.2 Å². The van der Waals surface area contributed by atoms with E-state index in [2.05, 4.69) is 68.6 Å². The van der Waals surface area contributed by atoms with Crippen LogP contribution in [0.15, 0.2) is 46.9 Å². The van der Waals surface area contributed by atoms with Crippen LogP contribution in [-0.4, -0.2) is 13.1 Å². The van der Waals surface area contributed by atoms with Gasteiger partial charge >= 0.3 is 0 Å². The molecule has 0 saturated carbocycles. The fourth-order valence-electron chi connectivity index (χ4n) is 3.72. The van der Waals surface area contributed by atoms with Gasteiger partial charge in [0, 0.05) is 29.8 Å². The first-order valence-electron chi connectivity index (χ1n) is 7.67. The van der Waals surface area contributed by atoms with Gasteiger partial charge in [0.1, 0.15) is 0 Å². The number of hydrogen-bond acceptors (Lipinski definition) is 2. The standard InChI is InChI=1S/C18H19BrN2/c19-16-6-3-5-15-14(16)8-9-18(15)21-11-10-20-12-13-4-1-2-7-17(13)21/h1-7,18,20H,8-12H2. The fraction of sp³-hybridized carbons (Fsp3) is 0.333. The van der Waals surface area contributed by atoms with E-state index in [1.165, 1.54) is 39.7 Å². The van der Waals surface area contributed by atoms with Gasteiger partial charge in [0.15, 0.2) is 0 Å². The van der Waals surface area contributed by atoms with Crippen molar-refractivity contribution in [1.82, 2.24) is 5.32 Å². The first-order chi connectivity index (χ1) is 10.3. The molecular weight excluding hydrogens is 324 g/mol. The van der Waals surface area contributed by atoms with Gasteiger partial charge in [-0.3, -0.25) is 0 Å². The predicted octanol–water partition coefficient (Wildman–Crippen LogP) is 4.05. The van der Waals surface area contributed by atoms with E-state index in [0.29, 0.717) is 6.04 Å². The molecule has 3 heteroatoms. The molecule has 21 heavy (non-hydrogen) atoms. The second-order valence-electron chi connectivity index (χ2n) is 5.86. The van der Waals surface area contributed by atoms with Gasteiger partial charge in [-0.2, -0.15) is 0 Å². The van der Waals surface area contributed by atoms with E-state index < -0.39 is 0 Å². The van der Waals surface area contributed by atoms with Gasteiger partial charge in [-0.1, -0.05) is 46.3 Å². The molecule has 2 aliphatic rings. The average molecular weight is 343 g/mol. The van der Waals surface area contributed by atoms with E-state index in [9.17, 15) is 0 Å². The quantitative estimate of drug-likeness (QED) is 0.841. The van der Waals surface area contributed by atoms with Crippen LogP contribution in [0.5, 0.6) is 0 Å². The van der Waals surface area contributed by atoms with Crippen LogP contribution in [-0.2, 0) is 13.0 Å². The van der Waals surface area contributed by atoms with Crippen molar-refractivity contribution in [3.8, 4) is 0 Å². The van der Waals surface area contributed by atoms with E-state index in [0.717, 1.165) is 19.6 Å². The molecule has 0 radical (unpaired) electrons. The van der Waals surface area contributed by atoms with Gasteiger partial charge in [-0.15, -0.1) is 0 Å². The van der Waals surface area contributed by atoms with E-state index in [1.807, 2.05) is 0 Å². The Labute approximate surface area is 134 Å². The van der Waals surface area contributed by atoms with E-state index in [-0.39, 0.29) is 0 Å². The zero-order chi connectivity index (χ0) is 14.2. The molecule has 0 fully saturated rings. The van der Waals surface area contributed by atoms with Crippen LogP contribution in [0.25, 0.3) is 0 Å². The van der Waals surface area contributed by atoms with Crippen LogP contribution in [0.4, 0.5) is 5.69 Å². The third kappa shape index (κ3) is 2.29. The Morgan fingerprint density at radius 1 is 1.10 bits per heavy atom. The molecule has 0 saturated heterocycles. The molecule has 0 amide bonds. The Balaban J connectivity index is 1.77. The molecule has 0 bridgehead atoms. The largest absolute Gasteiger partial charge is 0.363 e. The van der Waals surface area contributed by atoms with Crippen molar-refractivity contribution >= 4 is 21.6 Å². The Morgan fingerprint density at radius 2 is 2.00 bits per heavy atom. The maximum atomic E-state index is 3.72. The Hall–Kier alpha value is -1.32. The number of nitrogens with zero attached hydrogens (tertiary/aromatic N) is 1. The number of para-hydroxylation sites is 1.